The SMILES string of the molecule is CCCc1nc(-c2ccc([N+](=O)[O-])cc2)nc(Cl)c1I. The summed E-state index contributed by atoms with van der Waals surface area (Å²) >= 11 is 8.25. The summed E-state index contributed by atoms with van der Waals surface area (Å²) in [5, 5.41) is 11.1. The highest BCUT2D eigenvalue weighted by Gasteiger charge is 2.12. The number of non-ortho nitro benzene ring substituents is 1. The summed E-state index contributed by atoms with van der Waals surface area (Å²) < 4.78 is 0.858. The van der Waals surface area contributed by atoms with Crippen LogP contribution in [0.15, 0.2) is 24.3 Å². The predicted octanol–water partition coefficient (Wildman–Crippen LogP) is 4.26. The number of nitrogens with zero attached hydrogens (tertiary/aromatic N) is 3. The lowest BCUT2D eigenvalue weighted by Gasteiger charge is -2.07. The van der Waals surface area contributed by atoms with Crippen LogP contribution in [-0.4, -0.2) is 14.9 Å². The molecule has 0 radical (unpaired) electrons. The highest BCUT2D eigenvalue weighted by molar-refractivity contribution is 14.1. The Morgan fingerprint density at radius 2 is 1.95 bits per heavy atom. The zero-order valence-corrected chi connectivity index (χ0v) is 13.6. The molecule has 0 bridgehead atoms. The van der Waals surface area contributed by atoms with E-state index in [0.717, 1.165) is 22.1 Å². The van der Waals surface area contributed by atoms with Crippen molar-refractivity contribution >= 4 is 39.9 Å². The minimum absolute atomic E-state index is 0.0409. The van der Waals surface area contributed by atoms with E-state index in [9.17, 15) is 10.1 Å². The number of hydrogen-bond donors (Lipinski definition) is 0. The van der Waals surface area contributed by atoms with Crippen molar-refractivity contribution in [1.82, 2.24) is 9.97 Å². The van der Waals surface area contributed by atoms with E-state index in [0.29, 0.717) is 16.5 Å². The zero-order valence-electron chi connectivity index (χ0n) is 10.6. The maximum Gasteiger partial charge on any atom is 0.269 e. The van der Waals surface area contributed by atoms with Crippen LogP contribution in [0.5, 0.6) is 0 Å². The molecule has 5 nitrogen and oxygen atoms in total. The van der Waals surface area contributed by atoms with E-state index in [1.54, 1.807) is 12.1 Å². The molecule has 104 valence electrons. The summed E-state index contributed by atoms with van der Waals surface area (Å²) in [5.74, 6) is 0.494. The second-order valence-electron chi connectivity index (χ2n) is 4.15. The molecule has 0 aliphatic rings. The van der Waals surface area contributed by atoms with Gasteiger partial charge in [-0.15, -0.1) is 0 Å². The Morgan fingerprint density at radius 1 is 1.30 bits per heavy atom. The Kier molecular flexibility index (Phi) is 4.87. The van der Waals surface area contributed by atoms with Gasteiger partial charge in [0.25, 0.3) is 5.69 Å². The lowest BCUT2D eigenvalue weighted by molar-refractivity contribution is -0.384. The molecule has 0 aliphatic carbocycles. The molecule has 0 atom stereocenters. The van der Waals surface area contributed by atoms with Crippen molar-refractivity contribution in [3.05, 3.63) is 48.8 Å². The molecule has 0 spiro atoms. The highest BCUT2D eigenvalue weighted by atomic mass is 127. The standard InChI is InChI=1S/C13H11ClIN3O2/c1-2-3-10-11(15)12(14)17-13(16-10)8-4-6-9(7-5-8)18(19)20/h4-7H,2-3H2,1H3. The average Bonchev–Trinajstić information content (AvgIpc) is 2.44. The van der Waals surface area contributed by atoms with E-state index in [1.165, 1.54) is 12.1 Å². The molecule has 0 amide bonds. The molecule has 7 heteroatoms. The Balaban J connectivity index is 2.44. The van der Waals surface area contributed by atoms with Gasteiger partial charge in [0, 0.05) is 17.7 Å². The molecule has 1 aromatic carbocycles. The smallest absolute Gasteiger partial charge is 0.258 e. The number of nitro benzene ring substituents is 1. The molecule has 0 saturated heterocycles. The van der Waals surface area contributed by atoms with Gasteiger partial charge in [-0.3, -0.25) is 10.1 Å². The van der Waals surface area contributed by atoms with Crippen molar-refractivity contribution in [3.63, 3.8) is 0 Å². The van der Waals surface area contributed by atoms with Gasteiger partial charge in [-0.2, -0.15) is 0 Å². The number of nitro groups is 1. The molecule has 1 aromatic heterocycles. The van der Waals surface area contributed by atoms with Gasteiger partial charge in [-0.05, 0) is 41.1 Å². The summed E-state index contributed by atoms with van der Waals surface area (Å²) in [4.78, 5) is 18.9. The maximum atomic E-state index is 10.6. The summed E-state index contributed by atoms with van der Waals surface area (Å²) in [7, 11) is 0. The first-order valence-electron chi connectivity index (χ1n) is 5.99. The van der Waals surface area contributed by atoms with Crippen molar-refractivity contribution < 1.29 is 4.92 Å². The topological polar surface area (TPSA) is 68.9 Å². The van der Waals surface area contributed by atoms with Gasteiger partial charge < -0.3 is 0 Å². The van der Waals surface area contributed by atoms with Gasteiger partial charge >= 0.3 is 0 Å². The Bertz CT molecular complexity index is 647. The summed E-state index contributed by atoms with van der Waals surface area (Å²) in [6, 6.07) is 6.13. The number of aryl methyl sites for hydroxylation is 1. The summed E-state index contributed by atoms with van der Waals surface area (Å²) in [5.41, 5.74) is 1.66. The number of hydrogen-bond acceptors (Lipinski definition) is 4. The summed E-state index contributed by atoms with van der Waals surface area (Å²) in [6.07, 6.45) is 1.78. The Hall–Kier alpha value is -1.28. The van der Waals surface area contributed by atoms with Crippen molar-refractivity contribution in [2.45, 2.75) is 19.8 Å². The molecule has 2 rings (SSSR count). The normalized spacial score (nSPS) is 10.6. The van der Waals surface area contributed by atoms with Crippen molar-refractivity contribution in [2.75, 3.05) is 0 Å². The van der Waals surface area contributed by atoms with E-state index >= 15 is 0 Å². The second kappa shape index (κ2) is 6.45. The average molecular weight is 404 g/mol. The van der Waals surface area contributed by atoms with Crippen molar-refractivity contribution in [3.8, 4) is 11.4 Å². The zero-order chi connectivity index (χ0) is 14.7. The maximum absolute atomic E-state index is 10.6. The van der Waals surface area contributed by atoms with E-state index in [4.69, 9.17) is 11.6 Å². The van der Waals surface area contributed by atoms with E-state index in [1.807, 2.05) is 0 Å². The van der Waals surface area contributed by atoms with Crippen LogP contribution < -0.4 is 0 Å². The third kappa shape index (κ3) is 3.24. The number of aromatic nitrogens is 2. The molecule has 0 N–H and O–H groups in total. The molecule has 0 unspecified atom stereocenters. The first-order valence-corrected chi connectivity index (χ1v) is 7.45. The lowest BCUT2D eigenvalue weighted by Crippen LogP contribution is -2.00. The van der Waals surface area contributed by atoms with Crippen LogP contribution in [0.1, 0.15) is 19.0 Å². The van der Waals surface area contributed by atoms with Gasteiger partial charge in [0.1, 0.15) is 5.15 Å². The summed E-state index contributed by atoms with van der Waals surface area (Å²) in [6.45, 7) is 2.07. The highest BCUT2D eigenvalue weighted by Crippen LogP contribution is 2.25. The lowest BCUT2D eigenvalue weighted by atomic mass is 10.2. The largest absolute Gasteiger partial charge is 0.269 e. The first kappa shape index (κ1) is 15.1. The van der Waals surface area contributed by atoms with Gasteiger partial charge in [0.2, 0.25) is 0 Å². The minimum atomic E-state index is -0.436. The van der Waals surface area contributed by atoms with Crippen LogP contribution in [0.25, 0.3) is 11.4 Å². The Morgan fingerprint density at radius 3 is 2.50 bits per heavy atom. The third-order valence-electron chi connectivity index (χ3n) is 2.70. The van der Waals surface area contributed by atoms with Crippen molar-refractivity contribution in [1.29, 1.82) is 0 Å². The van der Waals surface area contributed by atoms with Crippen LogP contribution in [0.3, 0.4) is 0 Å². The predicted molar refractivity (Wildman–Crippen MR) is 85.8 cm³/mol. The first-order chi connectivity index (χ1) is 9.52. The van der Waals surface area contributed by atoms with Crippen molar-refractivity contribution in [2.24, 2.45) is 0 Å². The number of benzene rings is 1. The molecule has 0 fully saturated rings. The molecule has 2 aromatic rings. The quantitative estimate of drug-likeness (QED) is 0.331. The van der Waals surface area contributed by atoms with Gasteiger partial charge in [-0.25, -0.2) is 9.97 Å². The molecule has 0 saturated carbocycles. The molecular weight excluding hydrogens is 393 g/mol. The van der Waals surface area contributed by atoms with E-state index < -0.39 is 4.92 Å². The fourth-order valence-corrected chi connectivity index (χ4v) is 2.43. The van der Waals surface area contributed by atoms with Crippen LogP contribution in [0, 0.1) is 13.7 Å². The van der Waals surface area contributed by atoms with Crippen LogP contribution in [0.2, 0.25) is 5.15 Å². The van der Waals surface area contributed by atoms with Gasteiger partial charge in [0.15, 0.2) is 5.82 Å². The molecular formula is C13H11ClIN3O2. The van der Waals surface area contributed by atoms with E-state index in [-0.39, 0.29) is 5.69 Å². The molecule has 0 aliphatic heterocycles. The molecule has 20 heavy (non-hydrogen) atoms. The third-order valence-corrected chi connectivity index (χ3v) is 4.43. The second-order valence-corrected chi connectivity index (χ2v) is 5.59. The van der Waals surface area contributed by atoms with Crippen LogP contribution >= 0.6 is 34.2 Å². The Labute approximate surface area is 134 Å². The van der Waals surface area contributed by atoms with Gasteiger partial charge in [-0.1, -0.05) is 24.9 Å². The van der Waals surface area contributed by atoms with Crippen LogP contribution in [0.4, 0.5) is 5.69 Å². The number of halogens is 2. The van der Waals surface area contributed by atoms with Crippen LogP contribution in [-0.2, 0) is 6.42 Å². The van der Waals surface area contributed by atoms with Gasteiger partial charge in [0.05, 0.1) is 14.2 Å². The number of rotatable bonds is 4. The fourth-order valence-electron chi connectivity index (χ4n) is 1.73. The van der Waals surface area contributed by atoms with E-state index in [2.05, 4.69) is 39.5 Å². The molecule has 1 heterocycles. The minimum Gasteiger partial charge on any atom is -0.258 e. The monoisotopic (exact) mass is 403 g/mol. The fraction of sp³-hybridized carbons (Fsp3) is 0.231.